The maximum atomic E-state index is 11.4. The van der Waals surface area contributed by atoms with Gasteiger partial charge in [-0.25, -0.2) is 4.79 Å². The van der Waals surface area contributed by atoms with E-state index < -0.39 is 5.97 Å². The van der Waals surface area contributed by atoms with Crippen LogP contribution in [0.25, 0.3) is 10.9 Å². The molecule has 0 atom stereocenters. The monoisotopic (exact) mass is 299 g/mol. The maximum Gasteiger partial charge on any atom is 0.353 e. The Labute approximate surface area is 125 Å². The number of aromatic amines is 1. The predicted molar refractivity (Wildman–Crippen MR) is 82.4 cm³/mol. The third kappa shape index (κ3) is 2.60. The summed E-state index contributed by atoms with van der Waals surface area (Å²) < 4.78 is 5.20. The summed E-state index contributed by atoms with van der Waals surface area (Å²) in [6, 6.07) is 15.1. The largest absolute Gasteiger partial charge is 0.497 e. The highest BCUT2D eigenvalue weighted by Gasteiger charge is 2.17. The average molecular weight is 299 g/mol. The number of benzene rings is 2. The van der Waals surface area contributed by atoms with Crippen molar-refractivity contribution in [3.63, 3.8) is 0 Å². The van der Waals surface area contributed by atoms with E-state index in [1.165, 1.54) is 11.8 Å². The van der Waals surface area contributed by atoms with Gasteiger partial charge in [-0.3, -0.25) is 0 Å². The topological polar surface area (TPSA) is 62.3 Å². The lowest BCUT2D eigenvalue weighted by Gasteiger charge is -2.04. The number of fused-ring (bicyclic) bond motifs is 1. The molecule has 0 aliphatic rings. The van der Waals surface area contributed by atoms with Gasteiger partial charge in [0.15, 0.2) is 0 Å². The first-order chi connectivity index (χ1) is 10.2. The zero-order chi connectivity index (χ0) is 14.8. The summed E-state index contributed by atoms with van der Waals surface area (Å²) in [5, 5.41) is 10.3. The van der Waals surface area contributed by atoms with Crippen LogP contribution in [0, 0.1) is 0 Å². The standard InChI is InChI=1S/C16H13NO3S/c1-20-10-5-4-6-11(9-10)21-15-12-7-2-3-8-13(12)17-14(15)16(18)19/h2-9,17H,1H3,(H,18,19). The molecular weight excluding hydrogens is 286 g/mol. The number of methoxy groups -OCH3 is 1. The second kappa shape index (κ2) is 5.54. The van der Waals surface area contributed by atoms with Gasteiger partial charge in [0.25, 0.3) is 0 Å². The zero-order valence-corrected chi connectivity index (χ0v) is 12.1. The van der Waals surface area contributed by atoms with Crippen molar-refractivity contribution in [2.45, 2.75) is 9.79 Å². The summed E-state index contributed by atoms with van der Waals surface area (Å²) >= 11 is 1.42. The molecule has 1 aromatic heterocycles. The highest BCUT2D eigenvalue weighted by Crippen LogP contribution is 2.37. The number of ether oxygens (including phenoxy) is 1. The molecule has 3 aromatic rings. The summed E-state index contributed by atoms with van der Waals surface area (Å²) in [6.45, 7) is 0. The van der Waals surface area contributed by atoms with Gasteiger partial charge in [0, 0.05) is 15.8 Å². The summed E-state index contributed by atoms with van der Waals surface area (Å²) in [4.78, 5) is 16.0. The molecule has 0 bridgehead atoms. The molecule has 0 saturated heterocycles. The molecule has 0 radical (unpaired) electrons. The first-order valence-electron chi connectivity index (χ1n) is 6.35. The van der Waals surface area contributed by atoms with E-state index in [1.807, 2.05) is 48.5 Å². The van der Waals surface area contributed by atoms with E-state index in [0.717, 1.165) is 21.5 Å². The molecular formula is C16H13NO3S. The number of carboxylic acids is 1. The highest BCUT2D eigenvalue weighted by molar-refractivity contribution is 7.99. The predicted octanol–water partition coefficient (Wildman–Crippen LogP) is 4.03. The number of hydrogen-bond acceptors (Lipinski definition) is 3. The number of para-hydroxylation sites is 1. The minimum atomic E-state index is -0.961. The lowest BCUT2D eigenvalue weighted by molar-refractivity contribution is 0.0688. The number of aromatic nitrogens is 1. The molecule has 5 heteroatoms. The zero-order valence-electron chi connectivity index (χ0n) is 11.3. The van der Waals surface area contributed by atoms with Crippen molar-refractivity contribution < 1.29 is 14.6 Å². The lowest BCUT2D eigenvalue weighted by atomic mass is 10.2. The van der Waals surface area contributed by atoms with Gasteiger partial charge in [0.1, 0.15) is 11.4 Å². The number of rotatable bonds is 4. The molecule has 2 N–H and O–H groups in total. The number of H-pyrrole nitrogens is 1. The average Bonchev–Trinajstić information content (AvgIpc) is 2.87. The van der Waals surface area contributed by atoms with Crippen LogP contribution in [0.2, 0.25) is 0 Å². The molecule has 1 heterocycles. The van der Waals surface area contributed by atoms with Crippen molar-refractivity contribution in [1.82, 2.24) is 4.98 Å². The highest BCUT2D eigenvalue weighted by atomic mass is 32.2. The van der Waals surface area contributed by atoms with Crippen LogP contribution in [0.1, 0.15) is 10.5 Å². The van der Waals surface area contributed by atoms with Gasteiger partial charge in [0.05, 0.1) is 12.0 Å². The SMILES string of the molecule is COc1cccc(Sc2c(C(=O)O)[nH]c3ccccc23)c1. The molecule has 0 aliphatic heterocycles. The Balaban J connectivity index is 2.10. The fraction of sp³-hybridized carbons (Fsp3) is 0.0625. The second-order valence-electron chi connectivity index (χ2n) is 4.46. The third-order valence-corrected chi connectivity index (χ3v) is 4.25. The number of hydrogen-bond donors (Lipinski definition) is 2. The summed E-state index contributed by atoms with van der Waals surface area (Å²) in [7, 11) is 1.61. The van der Waals surface area contributed by atoms with Crippen molar-refractivity contribution in [2.24, 2.45) is 0 Å². The van der Waals surface area contributed by atoms with E-state index in [1.54, 1.807) is 7.11 Å². The first-order valence-corrected chi connectivity index (χ1v) is 7.16. The van der Waals surface area contributed by atoms with Crippen molar-refractivity contribution >= 4 is 28.6 Å². The molecule has 2 aromatic carbocycles. The first kappa shape index (κ1) is 13.6. The van der Waals surface area contributed by atoms with Crippen LogP contribution in [0.5, 0.6) is 5.75 Å². The van der Waals surface area contributed by atoms with Gasteiger partial charge in [0.2, 0.25) is 0 Å². The van der Waals surface area contributed by atoms with Crippen molar-refractivity contribution in [2.75, 3.05) is 7.11 Å². The molecule has 21 heavy (non-hydrogen) atoms. The summed E-state index contributed by atoms with van der Waals surface area (Å²) in [6.07, 6.45) is 0. The smallest absolute Gasteiger partial charge is 0.353 e. The molecule has 3 rings (SSSR count). The molecule has 0 amide bonds. The van der Waals surface area contributed by atoms with Gasteiger partial charge in [-0.2, -0.15) is 0 Å². The van der Waals surface area contributed by atoms with Crippen LogP contribution >= 0.6 is 11.8 Å². The molecule has 106 valence electrons. The van der Waals surface area contributed by atoms with E-state index in [4.69, 9.17) is 4.74 Å². The molecule has 0 saturated carbocycles. The number of carbonyl (C=O) groups is 1. The molecule has 0 unspecified atom stereocenters. The fourth-order valence-corrected chi connectivity index (χ4v) is 3.24. The Bertz CT molecular complexity index is 810. The number of carboxylic acid groups (broad SMARTS) is 1. The van der Waals surface area contributed by atoms with Crippen LogP contribution in [-0.4, -0.2) is 23.2 Å². The minimum Gasteiger partial charge on any atom is -0.497 e. The van der Waals surface area contributed by atoms with Crippen LogP contribution < -0.4 is 4.74 Å². The van der Waals surface area contributed by atoms with Gasteiger partial charge >= 0.3 is 5.97 Å². The fourth-order valence-electron chi connectivity index (χ4n) is 2.16. The van der Waals surface area contributed by atoms with Crippen molar-refractivity contribution in [3.8, 4) is 5.75 Å². The van der Waals surface area contributed by atoms with Gasteiger partial charge in [-0.05, 0) is 24.3 Å². The van der Waals surface area contributed by atoms with Gasteiger partial charge < -0.3 is 14.8 Å². The lowest BCUT2D eigenvalue weighted by Crippen LogP contribution is -1.97. The van der Waals surface area contributed by atoms with Crippen LogP contribution in [-0.2, 0) is 0 Å². The van der Waals surface area contributed by atoms with Crippen molar-refractivity contribution in [3.05, 3.63) is 54.2 Å². The summed E-state index contributed by atoms with van der Waals surface area (Å²) in [5.41, 5.74) is 1.03. The third-order valence-electron chi connectivity index (χ3n) is 3.13. The van der Waals surface area contributed by atoms with Gasteiger partial charge in [-0.15, -0.1) is 0 Å². The van der Waals surface area contributed by atoms with Crippen LogP contribution in [0.4, 0.5) is 0 Å². The Hall–Kier alpha value is -2.40. The molecule has 0 fully saturated rings. The minimum absolute atomic E-state index is 0.212. The van der Waals surface area contributed by atoms with Crippen molar-refractivity contribution in [1.29, 1.82) is 0 Å². The van der Waals surface area contributed by atoms with E-state index in [2.05, 4.69) is 4.98 Å². The van der Waals surface area contributed by atoms with E-state index in [-0.39, 0.29) is 5.69 Å². The van der Waals surface area contributed by atoms with Crippen LogP contribution in [0.15, 0.2) is 58.3 Å². The quantitative estimate of drug-likeness (QED) is 0.763. The van der Waals surface area contributed by atoms with E-state index in [9.17, 15) is 9.90 Å². The normalized spacial score (nSPS) is 10.7. The maximum absolute atomic E-state index is 11.4. The van der Waals surface area contributed by atoms with Crippen LogP contribution in [0.3, 0.4) is 0 Å². The molecule has 4 nitrogen and oxygen atoms in total. The number of aromatic carboxylic acids is 1. The molecule has 0 aliphatic carbocycles. The Morgan fingerprint density at radius 3 is 2.76 bits per heavy atom. The Morgan fingerprint density at radius 1 is 1.19 bits per heavy atom. The number of nitrogens with one attached hydrogen (secondary N) is 1. The van der Waals surface area contributed by atoms with Gasteiger partial charge in [-0.1, -0.05) is 36.0 Å². The second-order valence-corrected chi connectivity index (χ2v) is 5.54. The summed E-state index contributed by atoms with van der Waals surface area (Å²) in [5.74, 6) is -0.215. The van der Waals surface area contributed by atoms with E-state index >= 15 is 0 Å². The van der Waals surface area contributed by atoms with E-state index in [0.29, 0.717) is 4.90 Å². The molecule has 0 spiro atoms. The Morgan fingerprint density at radius 2 is 2.00 bits per heavy atom. The Kier molecular flexibility index (Phi) is 3.58.